The van der Waals surface area contributed by atoms with Crippen LogP contribution in [0.3, 0.4) is 0 Å². The van der Waals surface area contributed by atoms with Gasteiger partial charge in [-0.15, -0.1) is 0 Å². The van der Waals surface area contributed by atoms with Crippen molar-refractivity contribution in [2.75, 3.05) is 13.2 Å². The molecule has 0 aliphatic carbocycles. The van der Waals surface area contributed by atoms with E-state index in [2.05, 4.69) is 15.6 Å². The maximum Gasteiger partial charge on any atom is 0.321 e. The minimum atomic E-state index is -0.637. The predicted molar refractivity (Wildman–Crippen MR) is 103 cm³/mol. The first-order valence-electron chi connectivity index (χ1n) is 9.24. The van der Waals surface area contributed by atoms with Gasteiger partial charge in [-0.2, -0.15) is 0 Å². The number of nitrogens with one attached hydrogen (secondary N) is 3. The molecule has 0 spiro atoms. The molecule has 0 radical (unpaired) electrons. The Morgan fingerprint density at radius 2 is 1.96 bits per heavy atom. The minimum absolute atomic E-state index is 0.216. The molecule has 7 heteroatoms. The number of amides is 3. The van der Waals surface area contributed by atoms with E-state index in [1.54, 1.807) is 0 Å². The van der Waals surface area contributed by atoms with Crippen molar-refractivity contribution in [2.24, 2.45) is 5.92 Å². The second kappa shape index (κ2) is 10.4. The van der Waals surface area contributed by atoms with E-state index in [-0.39, 0.29) is 6.42 Å². The van der Waals surface area contributed by atoms with E-state index in [0.29, 0.717) is 18.9 Å². The summed E-state index contributed by atoms with van der Waals surface area (Å²) < 4.78 is 4.92. The molecular weight excluding hydrogens is 346 g/mol. The highest BCUT2D eigenvalue weighted by Gasteiger charge is 2.11. The number of imide groups is 1. The number of fused-ring (bicyclic) bond motifs is 1. The molecule has 1 heterocycles. The van der Waals surface area contributed by atoms with Crippen LogP contribution in [0.2, 0.25) is 0 Å². The lowest BCUT2D eigenvalue weighted by Crippen LogP contribution is -2.41. The topological polar surface area (TPSA) is 100 Å². The first-order valence-corrected chi connectivity index (χ1v) is 9.24. The van der Waals surface area contributed by atoms with Crippen LogP contribution in [0.5, 0.6) is 0 Å². The Kier molecular flexibility index (Phi) is 7.85. The zero-order valence-electron chi connectivity index (χ0n) is 15.8. The summed E-state index contributed by atoms with van der Waals surface area (Å²) in [6.07, 6.45) is 4.35. The number of rotatable bonds is 9. The van der Waals surface area contributed by atoms with Crippen molar-refractivity contribution in [1.82, 2.24) is 15.6 Å². The molecule has 0 aliphatic rings. The SMILES string of the molecule is CC(C)CCNC(=O)NC(=O)COC(=O)CCCc1c[nH]c2ccccc12. The van der Waals surface area contributed by atoms with Crippen molar-refractivity contribution in [3.8, 4) is 0 Å². The van der Waals surface area contributed by atoms with Gasteiger partial charge in [-0.3, -0.25) is 14.9 Å². The van der Waals surface area contributed by atoms with Crippen molar-refractivity contribution in [1.29, 1.82) is 0 Å². The highest BCUT2D eigenvalue weighted by molar-refractivity contribution is 5.95. The number of para-hydroxylation sites is 1. The predicted octanol–water partition coefficient (Wildman–Crippen LogP) is 2.91. The van der Waals surface area contributed by atoms with E-state index in [1.807, 2.05) is 44.3 Å². The second-order valence-corrected chi connectivity index (χ2v) is 6.86. The number of urea groups is 1. The van der Waals surface area contributed by atoms with E-state index in [1.165, 1.54) is 0 Å². The van der Waals surface area contributed by atoms with E-state index < -0.39 is 24.5 Å². The largest absolute Gasteiger partial charge is 0.456 e. The Morgan fingerprint density at radius 3 is 2.74 bits per heavy atom. The molecule has 3 amide bonds. The molecule has 0 atom stereocenters. The monoisotopic (exact) mass is 373 g/mol. The maximum absolute atomic E-state index is 11.8. The third-order valence-electron chi connectivity index (χ3n) is 4.13. The fraction of sp³-hybridized carbons (Fsp3) is 0.450. The van der Waals surface area contributed by atoms with Crippen molar-refractivity contribution >= 4 is 28.8 Å². The quantitative estimate of drug-likeness (QED) is 0.588. The number of carbonyl (C=O) groups is 3. The Hall–Kier alpha value is -2.83. The van der Waals surface area contributed by atoms with Gasteiger partial charge in [-0.05, 0) is 36.8 Å². The summed E-state index contributed by atoms with van der Waals surface area (Å²) in [6, 6.07) is 7.41. The minimum Gasteiger partial charge on any atom is -0.456 e. The Morgan fingerprint density at radius 1 is 1.19 bits per heavy atom. The van der Waals surface area contributed by atoms with Crippen molar-refractivity contribution < 1.29 is 19.1 Å². The Labute approximate surface area is 158 Å². The molecule has 146 valence electrons. The number of hydrogen-bond donors (Lipinski definition) is 3. The summed E-state index contributed by atoms with van der Waals surface area (Å²) in [5.74, 6) is -0.626. The number of aryl methyl sites for hydroxylation is 1. The third kappa shape index (κ3) is 7.13. The zero-order valence-corrected chi connectivity index (χ0v) is 15.8. The van der Waals surface area contributed by atoms with Crippen LogP contribution in [0.15, 0.2) is 30.5 Å². The normalized spacial score (nSPS) is 10.8. The summed E-state index contributed by atoms with van der Waals surface area (Å²) in [5.41, 5.74) is 2.22. The summed E-state index contributed by atoms with van der Waals surface area (Å²) in [6.45, 7) is 4.12. The van der Waals surface area contributed by atoms with Crippen LogP contribution in [-0.4, -0.2) is 36.0 Å². The number of ether oxygens (including phenoxy) is 1. The fourth-order valence-electron chi connectivity index (χ4n) is 2.66. The van der Waals surface area contributed by atoms with Crippen molar-refractivity contribution in [3.05, 3.63) is 36.0 Å². The van der Waals surface area contributed by atoms with E-state index >= 15 is 0 Å². The molecule has 0 bridgehead atoms. The van der Waals surface area contributed by atoms with Gasteiger partial charge in [0.15, 0.2) is 6.61 Å². The molecule has 0 fully saturated rings. The average molecular weight is 373 g/mol. The highest BCUT2D eigenvalue weighted by Crippen LogP contribution is 2.19. The molecule has 1 aromatic carbocycles. The molecule has 2 aromatic rings. The number of esters is 1. The van der Waals surface area contributed by atoms with E-state index in [4.69, 9.17) is 4.74 Å². The summed E-state index contributed by atoms with van der Waals surface area (Å²) in [4.78, 5) is 38.1. The molecule has 1 aromatic heterocycles. The molecule has 27 heavy (non-hydrogen) atoms. The van der Waals surface area contributed by atoms with E-state index in [0.717, 1.165) is 29.3 Å². The molecular formula is C20H27N3O4. The van der Waals surface area contributed by atoms with Crippen LogP contribution in [0.25, 0.3) is 10.9 Å². The van der Waals surface area contributed by atoms with Gasteiger partial charge in [0.05, 0.1) is 0 Å². The molecule has 2 rings (SSSR count). The first-order chi connectivity index (χ1) is 13.0. The maximum atomic E-state index is 11.8. The lowest BCUT2D eigenvalue weighted by atomic mass is 10.1. The number of hydrogen-bond acceptors (Lipinski definition) is 4. The summed E-state index contributed by atoms with van der Waals surface area (Å²) in [5, 5.41) is 5.87. The van der Waals surface area contributed by atoms with Gasteiger partial charge in [0, 0.05) is 30.1 Å². The van der Waals surface area contributed by atoms with E-state index in [9.17, 15) is 14.4 Å². The molecule has 0 saturated carbocycles. The van der Waals surface area contributed by atoms with Crippen molar-refractivity contribution in [2.45, 2.75) is 39.5 Å². The van der Waals surface area contributed by atoms with Crippen LogP contribution >= 0.6 is 0 Å². The lowest BCUT2D eigenvalue weighted by molar-refractivity contribution is -0.148. The van der Waals surface area contributed by atoms with Gasteiger partial charge in [0.25, 0.3) is 5.91 Å². The number of carbonyl (C=O) groups excluding carboxylic acids is 3. The Balaban J connectivity index is 1.61. The second-order valence-electron chi connectivity index (χ2n) is 6.86. The molecule has 0 unspecified atom stereocenters. The summed E-state index contributed by atoms with van der Waals surface area (Å²) >= 11 is 0. The van der Waals surface area contributed by atoms with Crippen molar-refractivity contribution in [3.63, 3.8) is 0 Å². The van der Waals surface area contributed by atoms with Gasteiger partial charge in [-0.1, -0.05) is 32.0 Å². The lowest BCUT2D eigenvalue weighted by Gasteiger charge is -2.08. The standard InChI is InChI=1S/C20H27N3O4/c1-14(2)10-11-21-20(26)23-18(24)13-27-19(25)9-5-6-15-12-22-17-8-4-3-7-16(15)17/h3-4,7-8,12,14,22H,5-6,9-11,13H2,1-2H3,(H2,21,23,24,26). The number of benzene rings is 1. The van der Waals surface area contributed by atoms with Crippen LogP contribution in [-0.2, 0) is 20.7 Å². The zero-order chi connectivity index (χ0) is 19.6. The third-order valence-corrected chi connectivity index (χ3v) is 4.13. The van der Waals surface area contributed by atoms with Crippen LogP contribution in [0.4, 0.5) is 4.79 Å². The summed E-state index contributed by atoms with van der Waals surface area (Å²) in [7, 11) is 0. The number of aromatic amines is 1. The van der Waals surface area contributed by atoms with Gasteiger partial charge >= 0.3 is 12.0 Å². The fourth-order valence-corrected chi connectivity index (χ4v) is 2.66. The molecule has 0 aliphatic heterocycles. The van der Waals surface area contributed by atoms with Gasteiger partial charge < -0.3 is 15.0 Å². The molecule has 7 nitrogen and oxygen atoms in total. The number of H-pyrrole nitrogens is 1. The molecule has 0 saturated heterocycles. The number of aromatic nitrogens is 1. The first kappa shape index (κ1) is 20.5. The van der Waals surface area contributed by atoms with Crippen LogP contribution < -0.4 is 10.6 Å². The Bertz CT molecular complexity index is 782. The smallest absolute Gasteiger partial charge is 0.321 e. The van der Waals surface area contributed by atoms with Gasteiger partial charge in [-0.25, -0.2) is 4.79 Å². The van der Waals surface area contributed by atoms with Crippen LogP contribution in [0, 0.1) is 5.92 Å². The van der Waals surface area contributed by atoms with Crippen LogP contribution in [0.1, 0.15) is 38.7 Å². The highest BCUT2D eigenvalue weighted by atomic mass is 16.5. The average Bonchev–Trinajstić information content (AvgIpc) is 3.03. The van der Waals surface area contributed by atoms with Gasteiger partial charge in [0.1, 0.15) is 0 Å². The molecule has 3 N–H and O–H groups in total. The van der Waals surface area contributed by atoms with Gasteiger partial charge in [0.2, 0.25) is 0 Å².